The van der Waals surface area contributed by atoms with Gasteiger partial charge in [0.15, 0.2) is 0 Å². The molecule has 6 nitrogen and oxygen atoms in total. The summed E-state index contributed by atoms with van der Waals surface area (Å²) in [5, 5.41) is 5.53. The van der Waals surface area contributed by atoms with Gasteiger partial charge < -0.3 is 15.5 Å². The minimum absolute atomic E-state index is 0.0565. The van der Waals surface area contributed by atoms with Crippen LogP contribution in [0.3, 0.4) is 0 Å². The fourth-order valence-electron chi connectivity index (χ4n) is 3.26. The minimum atomic E-state index is -0.378. The van der Waals surface area contributed by atoms with Crippen molar-refractivity contribution in [1.82, 2.24) is 15.5 Å². The Balaban J connectivity index is 1.84. The third kappa shape index (κ3) is 2.84. The summed E-state index contributed by atoms with van der Waals surface area (Å²) in [7, 11) is 0. The van der Waals surface area contributed by atoms with Crippen molar-refractivity contribution in [3.8, 4) is 0 Å². The molecule has 0 aromatic heterocycles. The number of piperazine rings is 1. The molecule has 3 rings (SSSR count). The Morgan fingerprint density at radius 3 is 2.91 bits per heavy atom. The largest absolute Gasteiger partial charge is 0.352 e. The summed E-state index contributed by atoms with van der Waals surface area (Å²) in [6.07, 6.45) is 2.74. The van der Waals surface area contributed by atoms with Gasteiger partial charge in [-0.1, -0.05) is 24.8 Å². The van der Waals surface area contributed by atoms with Crippen LogP contribution >= 0.6 is 0 Å². The summed E-state index contributed by atoms with van der Waals surface area (Å²) in [4.78, 5) is 38.0. The molecule has 6 heteroatoms. The Bertz CT molecular complexity index is 671. The molecule has 120 valence electrons. The number of hydrogen-bond donors (Lipinski definition) is 2. The van der Waals surface area contributed by atoms with Gasteiger partial charge in [-0.2, -0.15) is 0 Å². The number of carbonyl (C=O) groups excluding carboxylic acids is 3. The molecule has 1 aromatic rings. The van der Waals surface area contributed by atoms with Gasteiger partial charge in [-0.3, -0.25) is 14.4 Å². The van der Waals surface area contributed by atoms with Crippen molar-refractivity contribution in [2.24, 2.45) is 0 Å². The van der Waals surface area contributed by atoms with Crippen LogP contribution in [-0.4, -0.2) is 41.2 Å². The highest BCUT2D eigenvalue weighted by Crippen LogP contribution is 2.29. The van der Waals surface area contributed by atoms with Crippen LogP contribution < -0.4 is 10.6 Å². The molecule has 0 radical (unpaired) electrons. The van der Waals surface area contributed by atoms with Crippen molar-refractivity contribution in [1.29, 1.82) is 0 Å². The van der Waals surface area contributed by atoms with Crippen molar-refractivity contribution in [2.75, 3.05) is 6.54 Å². The quantitative estimate of drug-likeness (QED) is 0.799. The molecule has 0 saturated carbocycles. The molecule has 2 bridgehead atoms. The van der Waals surface area contributed by atoms with Crippen molar-refractivity contribution in [3.05, 3.63) is 48.0 Å². The summed E-state index contributed by atoms with van der Waals surface area (Å²) in [5.74, 6) is -0.509. The van der Waals surface area contributed by atoms with E-state index in [1.165, 1.54) is 6.08 Å². The molecule has 2 unspecified atom stereocenters. The van der Waals surface area contributed by atoms with Gasteiger partial charge in [-0.15, -0.1) is 0 Å². The van der Waals surface area contributed by atoms with E-state index in [9.17, 15) is 14.4 Å². The van der Waals surface area contributed by atoms with E-state index in [1.54, 1.807) is 17.0 Å². The summed E-state index contributed by atoms with van der Waals surface area (Å²) < 4.78 is 0. The van der Waals surface area contributed by atoms with Crippen LogP contribution in [0.1, 0.15) is 28.8 Å². The minimum Gasteiger partial charge on any atom is -0.352 e. The number of benzene rings is 1. The maximum absolute atomic E-state index is 13.0. The molecule has 3 amide bonds. The van der Waals surface area contributed by atoms with E-state index in [2.05, 4.69) is 17.2 Å². The molecule has 2 N–H and O–H groups in total. The predicted molar refractivity (Wildman–Crippen MR) is 84.5 cm³/mol. The zero-order chi connectivity index (χ0) is 16.4. The van der Waals surface area contributed by atoms with Gasteiger partial charge in [-0.25, -0.2) is 0 Å². The Kier molecular flexibility index (Phi) is 4.14. The molecule has 2 aliphatic heterocycles. The average Bonchev–Trinajstić information content (AvgIpc) is 2.92. The average molecular weight is 313 g/mol. The molecule has 2 heterocycles. The van der Waals surface area contributed by atoms with Crippen molar-refractivity contribution >= 4 is 17.7 Å². The van der Waals surface area contributed by atoms with Gasteiger partial charge in [0.1, 0.15) is 6.04 Å². The Morgan fingerprint density at radius 2 is 2.13 bits per heavy atom. The second-order valence-corrected chi connectivity index (χ2v) is 5.78. The van der Waals surface area contributed by atoms with E-state index in [4.69, 9.17) is 0 Å². The smallest absolute Gasteiger partial charge is 0.255 e. The standard InChI is InChI=1S/C17H19N3O3/c1-2-15(21)18-9-11-5-3-4-6-13(11)17(23)20-12-7-8-14(20)16(22)19-10-12/h2-6,12,14H,1,7-10H2,(H,18,21)(H,19,22). The number of amides is 3. The zero-order valence-electron chi connectivity index (χ0n) is 12.7. The topological polar surface area (TPSA) is 78.5 Å². The fraction of sp³-hybridized carbons (Fsp3) is 0.353. The van der Waals surface area contributed by atoms with Crippen LogP contribution in [0.5, 0.6) is 0 Å². The lowest BCUT2D eigenvalue weighted by Crippen LogP contribution is -2.57. The van der Waals surface area contributed by atoms with Crippen LogP contribution in [0, 0.1) is 0 Å². The van der Waals surface area contributed by atoms with Crippen LogP contribution in [0.25, 0.3) is 0 Å². The lowest BCUT2D eigenvalue weighted by atomic mass is 10.0. The van der Waals surface area contributed by atoms with Gasteiger partial charge in [0.05, 0.1) is 6.04 Å². The van der Waals surface area contributed by atoms with E-state index in [0.29, 0.717) is 18.5 Å². The van der Waals surface area contributed by atoms with E-state index < -0.39 is 0 Å². The molecule has 2 saturated heterocycles. The van der Waals surface area contributed by atoms with E-state index in [1.807, 2.05) is 12.1 Å². The first-order chi connectivity index (χ1) is 11.1. The SMILES string of the molecule is C=CC(=O)NCc1ccccc1C(=O)N1C2CCC1C(=O)NC2. The van der Waals surface area contributed by atoms with Gasteiger partial charge in [-0.05, 0) is 30.5 Å². The first-order valence-electron chi connectivity index (χ1n) is 7.70. The first kappa shape index (κ1) is 15.3. The monoisotopic (exact) mass is 313 g/mol. The molecule has 0 spiro atoms. The molecular formula is C17H19N3O3. The van der Waals surface area contributed by atoms with Crippen molar-refractivity contribution < 1.29 is 14.4 Å². The summed E-state index contributed by atoms with van der Waals surface area (Å²) in [6.45, 7) is 4.17. The fourth-order valence-corrected chi connectivity index (χ4v) is 3.26. The Labute approximate surface area is 134 Å². The molecule has 2 fully saturated rings. The van der Waals surface area contributed by atoms with Crippen LogP contribution in [0.15, 0.2) is 36.9 Å². The molecule has 0 aliphatic carbocycles. The molecular weight excluding hydrogens is 294 g/mol. The Morgan fingerprint density at radius 1 is 1.35 bits per heavy atom. The highest BCUT2D eigenvalue weighted by molar-refractivity contribution is 6.00. The first-order valence-corrected chi connectivity index (χ1v) is 7.70. The second-order valence-electron chi connectivity index (χ2n) is 5.78. The summed E-state index contributed by atoms with van der Waals surface area (Å²) in [6, 6.07) is 6.84. The third-order valence-electron chi connectivity index (χ3n) is 4.44. The van der Waals surface area contributed by atoms with Crippen LogP contribution in [0.2, 0.25) is 0 Å². The van der Waals surface area contributed by atoms with Gasteiger partial charge in [0.25, 0.3) is 5.91 Å². The normalized spacial score (nSPS) is 22.4. The number of fused-ring (bicyclic) bond motifs is 2. The number of hydrogen-bond acceptors (Lipinski definition) is 3. The summed E-state index contributed by atoms with van der Waals surface area (Å²) >= 11 is 0. The maximum atomic E-state index is 13.0. The second kappa shape index (κ2) is 6.24. The van der Waals surface area contributed by atoms with Crippen LogP contribution in [-0.2, 0) is 16.1 Å². The Hall–Kier alpha value is -2.63. The summed E-state index contributed by atoms with van der Waals surface area (Å²) in [5.41, 5.74) is 1.27. The highest BCUT2D eigenvalue weighted by atomic mass is 16.2. The zero-order valence-corrected chi connectivity index (χ0v) is 12.7. The number of nitrogens with zero attached hydrogens (tertiary/aromatic N) is 1. The van der Waals surface area contributed by atoms with E-state index >= 15 is 0 Å². The molecule has 1 aromatic carbocycles. The van der Waals surface area contributed by atoms with E-state index in [0.717, 1.165) is 12.0 Å². The van der Waals surface area contributed by atoms with E-state index in [-0.39, 0.29) is 36.3 Å². The van der Waals surface area contributed by atoms with Gasteiger partial charge in [0, 0.05) is 18.7 Å². The lowest BCUT2D eigenvalue weighted by Gasteiger charge is -2.34. The molecule has 2 atom stereocenters. The third-order valence-corrected chi connectivity index (χ3v) is 4.44. The number of carbonyl (C=O) groups is 3. The molecule has 23 heavy (non-hydrogen) atoms. The maximum Gasteiger partial charge on any atom is 0.255 e. The van der Waals surface area contributed by atoms with Gasteiger partial charge in [0.2, 0.25) is 11.8 Å². The van der Waals surface area contributed by atoms with Crippen molar-refractivity contribution in [2.45, 2.75) is 31.5 Å². The van der Waals surface area contributed by atoms with Crippen LogP contribution in [0.4, 0.5) is 0 Å². The lowest BCUT2D eigenvalue weighted by molar-refractivity contribution is -0.127. The highest BCUT2D eigenvalue weighted by Gasteiger charge is 2.44. The van der Waals surface area contributed by atoms with Crippen molar-refractivity contribution in [3.63, 3.8) is 0 Å². The molecule has 2 aliphatic rings. The number of nitrogens with one attached hydrogen (secondary N) is 2. The predicted octanol–water partition coefficient (Wildman–Crippen LogP) is 0.592. The number of rotatable bonds is 4. The van der Waals surface area contributed by atoms with Gasteiger partial charge >= 0.3 is 0 Å².